The van der Waals surface area contributed by atoms with Gasteiger partial charge in [-0.3, -0.25) is 0 Å². The fourth-order valence-electron chi connectivity index (χ4n) is 1.81. The Bertz CT molecular complexity index is 295. The van der Waals surface area contributed by atoms with E-state index in [0.717, 1.165) is 13.0 Å². The van der Waals surface area contributed by atoms with Crippen LogP contribution in [0.4, 0.5) is 0 Å². The standard InChI is InChI=1S/C14H23NO/c1-5-15-13(11-14(2,3)16-4)12-9-7-6-8-10-12/h6-10,13,15H,5,11H2,1-4H3. The molecule has 0 bridgehead atoms. The molecule has 1 N–H and O–H groups in total. The highest BCUT2D eigenvalue weighted by Gasteiger charge is 2.23. The highest BCUT2D eigenvalue weighted by atomic mass is 16.5. The first-order valence-corrected chi connectivity index (χ1v) is 5.92. The number of nitrogens with one attached hydrogen (secondary N) is 1. The molecule has 0 saturated heterocycles. The van der Waals surface area contributed by atoms with Gasteiger partial charge in [-0.1, -0.05) is 37.3 Å². The van der Waals surface area contributed by atoms with Gasteiger partial charge in [0, 0.05) is 13.2 Å². The van der Waals surface area contributed by atoms with Crippen LogP contribution in [0.2, 0.25) is 0 Å². The Balaban J connectivity index is 2.76. The minimum absolute atomic E-state index is 0.0946. The van der Waals surface area contributed by atoms with Gasteiger partial charge in [0.15, 0.2) is 0 Å². The van der Waals surface area contributed by atoms with Gasteiger partial charge >= 0.3 is 0 Å². The van der Waals surface area contributed by atoms with E-state index in [2.05, 4.69) is 50.4 Å². The van der Waals surface area contributed by atoms with Gasteiger partial charge in [-0.25, -0.2) is 0 Å². The Morgan fingerprint density at radius 2 is 1.88 bits per heavy atom. The summed E-state index contributed by atoms with van der Waals surface area (Å²) >= 11 is 0. The van der Waals surface area contributed by atoms with Crippen LogP contribution in [0.3, 0.4) is 0 Å². The Morgan fingerprint density at radius 3 is 2.38 bits per heavy atom. The highest BCUT2D eigenvalue weighted by Crippen LogP contribution is 2.25. The first kappa shape index (κ1) is 13.2. The summed E-state index contributed by atoms with van der Waals surface area (Å²) in [6, 6.07) is 10.9. The van der Waals surface area contributed by atoms with E-state index in [0.29, 0.717) is 6.04 Å². The molecule has 1 unspecified atom stereocenters. The summed E-state index contributed by atoms with van der Waals surface area (Å²) in [6.07, 6.45) is 0.974. The smallest absolute Gasteiger partial charge is 0.0640 e. The lowest BCUT2D eigenvalue weighted by molar-refractivity contribution is 0.00697. The average molecular weight is 221 g/mol. The molecule has 0 amide bonds. The fraction of sp³-hybridized carbons (Fsp3) is 0.571. The van der Waals surface area contributed by atoms with E-state index in [9.17, 15) is 0 Å². The summed E-state index contributed by atoms with van der Waals surface area (Å²) in [4.78, 5) is 0. The van der Waals surface area contributed by atoms with Gasteiger partial charge in [0.2, 0.25) is 0 Å². The molecule has 0 aliphatic heterocycles. The maximum atomic E-state index is 5.50. The molecule has 1 atom stereocenters. The highest BCUT2D eigenvalue weighted by molar-refractivity contribution is 5.19. The van der Waals surface area contributed by atoms with Gasteiger partial charge in [0.05, 0.1) is 5.60 Å². The van der Waals surface area contributed by atoms with Gasteiger partial charge in [-0.05, 0) is 32.4 Å². The maximum Gasteiger partial charge on any atom is 0.0640 e. The lowest BCUT2D eigenvalue weighted by Gasteiger charge is -2.29. The molecular weight excluding hydrogens is 198 g/mol. The number of hydrogen-bond donors (Lipinski definition) is 1. The van der Waals surface area contributed by atoms with Gasteiger partial charge in [-0.2, -0.15) is 0 Å². The summed E-state index contributed by atoms with van der Waals surface area (Å²) in [5.74, 6) is 0. The van der Waals surface area contributed by atoms with E-state index in [-0.39, 0.29) is 5.60 Å². The van der Waals surface area contributed by atoms with Crippen molar-refractivity contribution < 1.29 is 4.74 Å². The third-order valence-electron chi connectivity index (χ3n) is 2.90. The molecule has 0 fully saturated rings. The normalized spacial score (nSPS) is 13.8. The van der Waals surface area contributed by atoms with Crippen molar-refractivity contribution in [2.24, 2.45) is 0 Å². The SMILES string of the molecule is CCNC(CC(C)(C)OC)c1ccccc1. The lowest BCUT2D eigenvalue weighted by Crippen LogP contribution is -2.32. The second kappa shape index (κ2) is 6.02. The van der Waals surface area contributed by atoms with Gasteiger partial charge in [-0.15, -0.1) is 0 Å². The van der Waals surface area contributed by atoms with Crippen molar-refractivity contribution in [2.75, 3.05) is 13.7 Å². The third-order valence-corrected chi connectivity index (χ3v) is 2.90. The van der Waals surface area contributed by atoms with Crippen molar-refractivity contribution in [1.82, 2.24) is 5.32 Å². The molecule has 2 nitrogen and oxygen atoms in total. The van der Waals surface area contributed by atoms with Crippen LogP contribution >= 0.6 is 0 Å². The largest absolute Gasteiger partial charge is 0.379 e. The van der Waals surface area contributed by atoms with Crippen molar-refractivity contribution in [3.05, 3.63) is 35.9 Å². The zero-order chi connectivity index (χ0) is 12.0. The predicted molar refractivity (Wildman–Crippen MR) is 68.6 cm³/mol. The molecular formula is C14H23NO. The van der Waals surface area contributed by atoms with E-state index < -0.39 is 0 Å². The van der Waals surface area contributed by atoms with Crippen LogP contribution in [-0.2, 0) is 4.74 Å². The van der Waals surface area contributed by atoms with Crippen molar-refractivity contribution in [3.8, 4) is 0 Å². The quantitative estimate of drug-likeness (QED) is 0.796. The molecule has 0 heterocycles. The van der Waals surface area contributed by atoms with Crippen LogP contribution in [0, 0.1) is 0 Å². The number of benzene rings is 1. The van der Waals surface area contributed by atoms with Crippen molar-refractivity contribution in [3.63, 3.8) is 0 Å². The van der Waals surface area contributed by atoms with E-state index in [4.69, 9.17) is 4.74 Å². The van der Waals surface area contributed by atoms with Crippen LogP contribution < -0.4 is 5.32 Å². The number of methoxy groups -OCH3 is 1. The fourth-order valence-corrected chi connectivity index (χ4v) is 1.81. The second-order valence-electron chi connectivity index (χ2n) is 4.69. The topological polar surface area (TPSA) is 21.3 Å². The first-order valence-electron chi connectivity index (χ1n) is 5.92. The molecule has 0 spiro atoms. The summed E-state index contributed by atoms with van der Waals surface area (Å²) in [6.45, 7) is 7.36. The van der Waals surface area contributed by atoms with Crippen LogP contribution in [0.1, 0.15) is 38.8 Å². The summed E-state index contributed by atoms with van der Waals surface area (Å²) in [5.41, 5.74) is 1.23. The molecule has 0 aliphatic carbocycles. The van der Waals surface area contributed by atoms with E-state index in [1.165, 1.54) is 5.56 Å². The molecule has 1 aromatic rings. The van der Waals surface area contributed by atoms with Crippen LogP contribution in [0.15, 0.2) is 30.3 Å². The van der Waals surface area contributed by atoms with Gasteiger partial charge in [0.1, 0.15) is 0 Å². The first-order chi connectivity index (χ1) is 7.59. The predicted octanol–water partition coefficient (Wildman–Crippen LogP) is 3.15. The second-order valence-corrected chi connectivity index (χ2v) is 4.69. The Labute approximate surface area is 99.0 Å². The molecule has 2 heteroatoms. The molecule has 0 radical (unpaired) electrons. The Morgan fingerprint density at radius 1 is 1.25 bits per heavy atom. The molecule has 1 rings (SSSR count). The minimum Gasteiger partial charge on any atom is -0.379 e. The average Bonchev–Trinajstić information content (AvgIpc) is 2.29. The van der Waals surface area contributed by atoms with Crippen LogP contribution in [0.5, 0.6) is 0 Å². The van der Waals surface area contributed by atoms with Crippen molar-refractivity contribution >= 4 is 0 Å². The Kier molecular flexibility index (Phi) is 4.97. The molecule has 16 heavy (non-hydrogen) atoms. The van der Waals surface area contributed by atoms with E-state index >= 15 is 0 Å². The van der Waals surface area contributed by atoms with Crippen LogP contribution in [-0.4, -0.2) is 19.3 Å². The lowest BCUT2D eigenvalue weighted by atomic mass is 9.93. The molecule has 0 aromatic heterocycles. The minimum atomic E-state index is -0.0946. The molecule has 1 aromatic carbocycles. The Hall–Kier alpha value is -0.860. The number of hydrogen-bond acceptors (Lipinski definition) is 2. The number of rotatable bonds is 6. The van der Waals surface area contributed by atoms with E-state index in [1.807, 2.05) is 6.07 Å². The van der Waals surface area contributed by atoms with Crippen molar-refractivity contribution in [2.45, 2.75) is 38.8 Å². The third kappa shape index (κ3) is 3.95. The van der Waals surface area contributed by atoms with Crippen molar-refractivity contribution in [1.29, 1.82) is 0 Å². The number of ether oxygens (including phenoxy) is 1. The van der Waals surface area contributed by atoms with Gasteiger partial charge < -0.3 is 10.1 Å². The maximum absolute atomic E-state index is 5.50. The molecule has 90 valence electrons. The molecule has 0 aliphatic rings. The summed E-state index contributed by atoms with van der Waals surface area (Å²) in [7, 11) is 1.77. The van der Waals surface area contributed by atoms with Crippen LogP contribution in [0.25, 0.3) is 0 Å². The zero-order valence-corrected chi connectivity index (χ0v) is 10.8. The van der Waals surface area contributed by atoms with E-state index in [1.54, 1.807) is 7.11 Å². The summed E-state index contributed by atoms with van der Waals surface area (Å²) < 4.78 is 5.50. The monoisotopic (exact) mass is 221 g/mol. The zero-order valence-electron chi connectivity index (χ0n) is 10.8. The van der Waals surface area contributed by atoms with Gasteiger partial charge in [0.25, 0.3) is 0 Å². The molecule has 0 saturated carbocycles. The summed E-state index contributed by atoms with van der Waals surface area (Å²) in [5, 5.41) is 3.51.